The van der Waals surface area contributed by atoms with Crippen LogP contribution < -0.4 is 10.5 Å². The van der Waals surface area contributed by atoms with Gasteiger partial charge in [0.15, 0.2) is 0 Å². The summed E-state index contributed by atoms with van der Waals surface area (Å²) in [5, 5.41) is 8.39. The maximum Gasteiger partial charge on any atom is 0.276 e. The fraction of sp³-hybridized carbons (Fsp3) is 0.909. The Morgan fingerprint density at radius 2 is 1.06 bits per heavy atom. The number of nitrogens with one attached hydrogen (secondary N) is 1. The number of rotatable bonds is 3. The Hall–Kier alpha value is -1.02. The minimum absolute atomic E-state index is 0. The molecule has 4 aliphatic heterocycles. The van der Waals surface area contributed by atoms with Crippen molar-refractivity contribution in [2.75, 3.05) is 92.6 Å². The Labute approximate surface area is 216 Å². The van der Waals surface area contributed by atoms with Crippen molar-refractivity contribution in [3.63, 3.8) is 0 Å². The number of likely N-dealkylation sites (N-methyl/N-ethyl adjacent to an activating group) is 2. The summed E-state index contributed by atoms with van der Waals surface area (Å²) in [5.41, 5.74) is 0. The van der Waals surface area contributed by atoms with Gasteiger partial charge in [0, 0.05) is 77.3 Å². The van der Waals surface area contributed by atoms with Gasteiger partial charge in [0.25, 0.3) is 10.2 Å². The molecule has 0 radical (unpaired) electrons. The van der Waals surface area contributed by atoms with Crippen molar-refractivity contribution >= 4 is 34.4 Å². The summed E-state index contributed by atoms with van der Waals surface area (Å²) in [6, 6.07) is 0. The number of amides is 2. The molecule has 0 aromatic carbocycles. The van der Waals surface area contributed by atoms with E-state index in [9.17, 15) is 18.0 Å². The highest BCUT2D eigenvalue weighted by Gasteiger charge is 2.32. The number of piperazine rings is 2. The van der Waals surface area contributed by atoms with Gasteiger partial charge in [-0.1, -0.05) is 0 Å². The Kier molecular flexibility index (Phi) is 12.1. The van der Waals surface area contributed by atoms with Crippen molar-refractivity contribution in [1.29, 1.82) is 0 Å². The standard InChI is InChI=1S/C11H22N4O3S.C11H21N3O.ClH/c1-13-6-8-14(9-7-13)11(16)10-2-4-15(5-3-10)19(12,17)18;1-13-6-8-14(9-7-13)11(15)10-2-4-12-5-3-10;/h10H,2-9H2,1H3,(H2,12,17,18);10,12H,2-9H2,1H3;1H. The highest BCUT2D eigenvalue weighted by atomic mass is 35.5. The van der Waals surface area contributed by atoms with Gasteiger partial charge >= 0.3 is 0 Å². The molecular formula is C22H44ClN7O4S. The van der Waals surface area contributed by atoms with Crippen molar-refractivity contribution in [1.82, 2.24) is 29.2 Å². The van der Waals surface area contributed by atoms with E-state index >= 15 is 0 Å². The van der Waals surface area contributed by atoms with Gasteiger partial charge in [0.2, 0.25) is 11.8 Å². The van der Waals surface area contributed by atoms with Crippen LogP contribution in [0, 0.1) is 11.8 Å². The van der Waals surface area contributed by atoms with Crippen LogP contribution in [0.4, 0.5) is 0 Å². The summed E-state index contributed by atoms with van der Waals surface area (Å²) in [7, 11) is 0.560. The van der Waals surface area contributed by atoms with Crippen LogP contribution in [0.1, 0.15) is 25.7 Å². The zero-order valence-electron chi connectivity index (χ0n) is 21.2. The van der Waals surface area contributed by atoms with E-state index < -0.39 is 10.2 Å². The average Bonchev–Trinajstić information content (AvgIpc) is 2.85. The molecular weight excluding hydrogens is 494 g/mol. The van der Waals surface area contributed by atoms with E-state index in [2.05, 4.69) is 27.1 Å². The first-order chi connectivity index (χ1) is 16.1. The summed E-state index contributed by atoms with van der Waals surface area (Å²) >= 11 is 0. The second-order valence-electron chi connectivity index (χ2n) is 10.00. The first kappa shape index (κ1) is 30.2. The number of piperidine rings is 2. The average molecular weight is 538 g/mol. The number of carbonyl (C=O) groups excluding carboxylic acids is 2. The Bertz CT molecular complexity index is 773. The van der Waals surface area contributed by atoms with Gasteiger partial charge in [-0.05, 0) is 52.9 Å². The quantitative estimate of drug-likeness (QED) is 0.466. The highest BCUT2D eigenvalue weighted by Crippen LogP contribution is 2.21. The number of nitrogens with zero attached hydrogens (tertiary/aromatic N) is 5. The van der Waals surface area contributed by atoms with E-state index in [1.54, 1.807) is 0 Å². The molecule has 4 heterocycles. The van der Waals surface area contributed by atoms with Crippen molar-refractivity contribution in [3.8, 4) is 0 Å². The molecule has 0 saturated carbocycles. The number of nitrogens with two attached hydrogens (primary N) is 1. The summed E-state index contributed by atoms with van der Waals surface area (Å²) in [5.74, 6) is 0.794. The molecule has 0 spiro atoms. The van der Waals surface area contributed by atoms with E-state index in [4.69, 9.17) is 5.14 Å². The van der Waals surface area contributed by atoms with E-state index in [0.717, 1.165) is 78.3 Å². The second kappa shape index (κ2) is 14.1. The fourth-order valence-corrected chi connectivity index (χ4v) is 5.72. The van der Waals surface area contributed by atoms with Crippen LogP contribution in [0.25, 0.3) is 0 Å². The molecule has 4 rings (SSSR count). The zero-order chi connectivity index (χ0) is 24.7. The molecule has 4 fully saturated rings. The SMILES string of the molecule is CN1CCN(C(=O)C2CCN(S(N)(=O)=O)CC2)CC1.CN1CCN(C(=O)C2CCNCC2)CC1.Cl. The summed E-state index contributed by atoms with van der Waals surface area (Å²) in [4.78, 5) is 32.9. The van der Waals surface area contributed by atoms with Gasteiger partial charge in [-0.3, -0.25) is 9.59 Å². The maximum absolute atomic E-state index is 12.3. The normalized spacial score (nSPS) is 24.3. The molecule has 0 bridgehead atoms. The smallest absolute Gasteiger partial charge is 0.276 e. The monoisotopic (exact) mass is 537 g/mol. The van der Waals surface area contributed by atoms with Crippen LogP contribution >= 0.6 is 12.4 Å². The van der Waals surface area contributed by atoms with E-state index in [-0.39, 0.29) is 30.2 Å². The predicted molar refractivity (Wildman–Crippen MR) is 138 cm³/mol. The number of hydrogen-bond donors (Lipinski definition) is 2. The molecule has 2 amide bonds. The molecule has 204 valence electrons. The third-order valence-electron chi connectivity index (χ3n) is 7.48. The largest absolute Gasteiger partial charge is 0.340 e. The topological polar surface area (TPSA) is 123 Å². The Morgan fingerprint density at radius 3 is 1.43 bits per heavy atom. The van der Waals surface area contributed by atoms with Crippen molar-refractivity contribution < 1.29 is 18.0 Å². The summed E-state index contributed by atoms with van der Waals surface area (Å²) in [6.07, 6.45) is 3.18. The van der Waals surface area contributed by atoms with Gasteiger partial charge in [-0.15, -0.1) is 12.4 Å². The fourth-order valence-electron chi connectivity index (χ4n) is 5.00. The van der Waals surface area contributed by atoms with Crippen molar-refractivity contribution in [2.45, 2.75) is 25.7 Å². The Morgan fingerprint density at radius 1 is 0.686 bits per heavy atom. The molecule has 0 atom stereocenters. The van der Waals surface area contributed by atoms with Crippen LogP contribution in [-0.2, 0) is 19.8 Å². The predicted octanol–water partition coefficient (Wildman–Crippen LogP) is -1.14. The van der Waals surface area contributed by atoms with Crippen LogP contribution in [0.15, 0.2) is 0 Å². The minimum Gasteiger partial charge on any atom is -0.340 e. The van der Waals surface area contributed by atoms with Crippen LogP contribution in [0.5, 0.6) is 0 Å². The molecule has 4 aliphatic rings. The van der Waals surface area contributed by atoms with Gasteiger partial charge in [0.05, 0.1) is 0 Å². The highest BCUT2D eigenvalue weighted by molar-refractivity contribution is 7.86. The first-order valence-electron chi connectivity index (χ1n) is 12.6. The molecule has 0 aromatic heterocycles. The van der Waals surface area contributed by atoms with Gasteiger partial charge in [0.1, 0.15) is 0 Å². The lowest BCUT2D eigenvalue weighted by Gasteiger charge is -2.36. The molecule has 0 unspecified atom stereocenters. The third kappa shape index (κ3) is 9.10. The van der Waals surface area contributed by atoms with E-state index in [1.807, 2.05) is 11.9 Å². The molecule has 0 aromatic rings. The lowest BCUT2D eigenvalue weighted by molar-refractivity contribution is -0.138. The maximum atomic E-state index is 12.3. The minimum atomic E-state index is -3.61. The summed E-state index contributed by atoms with van der Waals surface area (Å²) < 4.78 is 23.7. The number of halogens is 1. The van der Waals surface area contributed by atoms with Crippen molar-refractivity contribution in [2.24, 2.45) is 17.0 Å². The number of carbonyl (C=O) groups is 2. The van der Waals surface area contributed by atoms with Gasteiger partial charge in [-0.2, -0.15) is 12.7 Å². The van der Waals surface area contributed by atoms with Gasteiger partial charge < -0.3 is 24.9 Å². The van der Waals surface area contributed by atoms with Crippen LogP contribution in [0.2, 0.25) is 0 Å². The third-order valence-corrected chi connectivity index (χ3v) is 8.57. The zero-order valence-corrected chi connectivity index (χ0v) is 22.9. The molecule has 0 aliphatic carbocycles. The van der Waals surface area contributed by atoms with Crippen molar-refractivity contribution in [3.05, 3.63) is 0 Å². The molecule has 11 nitrogen and oxygen atoms in total. The lowest BCUT2D eigenvalue weighted by Crippen LogP contribution is -2.51. The second-order valence-corrected chi connectivity index (χ2v) is 11.5. The van der Waals surface area contributed by atoms with E-state index in [0.29, 0.717) is 31.8 Å². The van der Waals surface area contributed by atoms with Crippen LogP contribution in [-0.4, -0.2) is 137 Å². The molecule has 35 heavy (non-hydrogen) atoms. The molecule has 4 saturated heterocycles. The summed E-state index contributed by atoms with van der Waals surface area (Å²) in [6.45, 7) is 9.94. The van der Waals surface area contributed by atoms with Gasteiger partial charge in [-0.25, -0.2) is 5.14 Å². The van der Waals surface area contributed by atoms with Crippen LogP contribution in [0.3, 0.4) is 0 Å². The van der Waals surface area contributed by atoms with E-state index in [1.165, 1.54) is 4.31 Å². The molecule has 13 heteroatoms. The Balaban J connectivity index is 0.000000246. The number of hydrogen-bond acceptors (Lipinski definition) is 7. The lowest BCUT2D eigenvalue weighted by atomic mass is 9.96. The molecule has 3 N–H and O–H groups in total. The first-order valence-corrected chi connectivity index (χ1v) is 14.1.